The molecule has 19 heteroatoms. The summed E-state index contributed by atoms with van der Waals surface area (Å²) in [7, 11) is -10.0. The number of allylic oxidation sites excluding steroid dienone is 32. The van der Waals surface area contributed by atoms with Gasteiger partial charge in [-0.3, -0.25) is 37.3 Å². The lowest BCUT2D eigenvalue weighted by Gasteiger charge is -2.21. The summed E-state index contributed by atoms with van der Waals surface area (Å²) >= 11 is 0. The zero-order chi connectivity index (χ0) is 74.6. The molecule has 0 heterocycles. The zero-order valence-corrected chi connectivity index (χ0v) is 64.2. The van der Waals surface area contributed by atoms with E-state index in [9.17, 15) is 43.2 Å². The molecule has 3 N–H and O–H groups in total. The summed E-state index contributed by atoms with van der Waals surface area (Å²) in [5.41, 5.74) is 0. The number of esters is 4. The van der Waals surface area contributed by atoms with Gasteiger partial charge in [0.05, 0.1) is 26.4 Å². The minimum Gasteiger partial charge on any atom is -0.462 e. The Morgan fingerprint density at radius 2 is 0.529 bits per heavy atom. The summed E-state index contributed by atoms with van der Waals surface area (Å²) in [5.74, 6) is -2.41. The number of phosphoric ester groups is 2. The van der Waals surface area contributed by atoms with E-state index in [4.69, 9.17) is 37.0 Å². The van der Waals surface area contributed by atoms with Crippen LogP contribution < -0.4 is 0 Å². The Hall–Kier alpha value is -6.10. The number of aliphatic hydroxyl groups is 1. The molecule has 0 saturated carbocycles. The molecular formula is C83H130O17P2. The number of phosphoric acid groups is 2. The van der Waals surface area contributed by atoms with Crippen LogP contribution in [0.15, 0.2) is 194 Å². The van der Waals surface area contributed by atoms with Gasteiger partial charge in [0, 0.05) is 25.7 Å². The Morgan fingerprint density at radius 3 is 0.863 bits per heavy atom. The van der Waals surface area contributed by atoms with E-state index in [1.165, 1.54) is 0 Å². The van der Waals surface area contributed by atoms with E-state index < -0.39 is 97.5 Å². The van der Waals surface area contributed by atoms with Gasteiger partial charge in [0.1, 0.15) is 19.3 Å². The standard InChI is InChI=1S/C83H130O17P2/c1-5-9-13-17-21-25-29-33-36-37-38-39-42-45-48-52-56-60-64-68-81(86)94-74-79(100-83(88)70-66-62-58-54-50-46-41-35-31-27-23-19-15-11-7-3)76-98-102(91,92)96-72-77(84)71-95-101(89,90)97-75-78(99-82(87)69-65-61-57-53-49-43-32-28-24-20-16-12-8-4)73-93-80(85)67-63-59-55-51-47-44-40-34-30-26-22-18-14-10-6-2/h9-11,13-16,20-23,25-28,32-36,38-41,45,47-48,50-51,54,56,60,77-79,84H,5-8,12,17-19,24,29-31,37,42-44,46,49,52-53,55,57-59,61-76H2,1-4H3,(H,89,90)(H,91,92)/b13-9-,14-10-,15-11-,20-16-,25-21-,26-22-,27-23-,32-28-,36-33-,39-38-,40-34-,41-35-,48-45-,51-47-,54-50-,60-56-. The van der Waals surface area contributed by atoms with Gasteiger partial charge in [-0.15, -0.1) is 0 Å². The first kappa shape index (κ1) is 95.9. The number of hydrogen-bond donors (Lipinski definition) is 3. The Bertz CT molecular complexity index is 2700. The molecule has 0 aliphatic heterocycles. The molecule has 102 heavy (non-hydrogen) atoms. The van der Waals surface area contributed by atoms with Crippen LogP contribution in [0.4, 0.5) is 0 Å². The minimum absolute atomic E-state index is 0.0172. The first-order valence-electron chi connectivity index (χ1n) is 37.7. The first-order chi connectivity index (χ1) is 49.7. The Morgan fingerprint density at radius 1 is 0.284 bits per heavy atom. The van der Waals surface area contributed by atoms with Crippen LogP contribution in [-0.4, -0.2) is 96.7 Å². The third-order valence-electron chi connectivity index (χ3n) is 14.5. The summed E-state index contributed by atoms with van der Waals surface area (Å²) in [4.78, 5) is 72.8. The quantitative estimate of drug-likeness (QED) is 0.0169. The number of aliphatic hydroxyl groups excluding tert-OH is 1. The molecule has 0 aromatic heterocycles. The van der Waals surface area contributed by atoms with E-state index in [0.717, 1.165) is 154 Å². The molecule has 5 unspecified atom stereocenters. The maximum Gasteiger partial charge on any atom is 0.472 e. The molecule has 0 saturated heterocycles. The van der Waals surface area contributed by atoms with E-state index in [0.29, 0.717) is 38.5 Å². The maximum absolute atomic E-state index is 13.1. The SMILES string of the molecule is CC/C=C\C/C=C\C/C=C\C/C=C\C/C=C\C/C=C\CCC(=O)OCC(COP(=O)(O)OCC(O)COP(=O)(O)OCC(COC(=O)CCCC/C=C\C/C=C\C/C=C\C/C=C\CC)OC(=O)CCCCCCC/C=C\C/C=C\CCC)OC(=O)CCCC/C=C\C/C=C\C/C=C\C/C=C\CC. The highest BCUT2D eigenvalue weighted by molar-refractivity contribution is 7.47. The van der Waals surface area contributed by atoms with E-state index >= 15 is 0 Å². The molecule has 0 fully saturated rings. The van der Waals surface area contributed by atoms with Crippen LogP contribution in [0.25, 0.3) is 0 Å². The Kier molecular flexibility index (Phi) is 68.8. The maximum atomic E-state index is 13.1. The van der Waals surface area contributed by atoms with Crippen LogP contribution in [0.5, 0.6) is 0 Å². The van der Waals surface area contributed by atoms with Crippen LogP contribution in [0.3, 0.4) is 0 Å². The van der Waals surface area contributed by atoms with Crippen LogP contribution in [-0.2, 0) is 65.4 Å². The number of carbonyl (C=O) groups is 4. The van der Waals surface area contributed by atoms with Gasteiger partial charge < -0.3 is 33.8 Å². The second-order valence-corrected chi connectivity index (χ2v) is 27.0. The molecule has 0 rings (SSSR count). The zero-order valence-electron chi connectivity index (χ0n) is 62.4. The number of ether oxygens (including phenoxy) is 4. The van der Waals surface area contributed by atoms with E-state index in [2.05, 4.69) is 198 Å². The minimum atomic E-state index is -5.02. The van der Waals surface area contributed by atoms with Crippen LogP contribution in [0.1, 0.15) is 246 Å². The lowest BCUT2D eigenvalue weighted by atomic mass is 10.1. The van der Waals surface area contributed by atoms with Crippen molar-refractivity contribution in [2.24, 2.45) is 0 Å². The summed E-state index contributed by atoms with van der Waals surface area (Å²) < 4.78 is 68.3. The summed E-state index contributed by atoms with van der Waals surface area (Å²) in [5, 5.41) is 10.6. The first-order valence-corrected chi connectivity index (χ1v) is 40.7. The Labute approximate surface area is 615 Å². The van der Waals surface area contributed by atoms with Crippen molar-refractivity contribution in [3.8, 4) is 0 Å². The van der Waals surface area contributed by atoms with Crippen molar-refractivity contribution >= 4 is 39.5 Å². The second-order valence-electron chi connectivity index (χ2n) is 24.1. The molecule has 0 aliphatic carbocycles. The Balaban J connectivity index is 5.52. The molecule has 0 amide bonds. The van der Waals surface area contributed by atoms with Crippen LogP contribution in [0, 0.1) is 0 Å². The molecule has 0 bridgehead atoms. The van der Waals surface area contributed by atoms with Crippen LogP contribution >= 0.6 is 15.6 Å². The molecule has 0 radical (unpaired) electrons. The monoisotopic (exact) mass is 1460 g/mol. The molecule has 574 valence electrons. The fraction of sp³-hybridized carbons (Fsp3) is 0.566. The second kappa shape index (κ2) is 73.2. The number of rotatable bonds is 68. The lowest BCUT2D eigenvalue weighted by Crippen LogP contribution is -2.30. The lowest BCUT2D eigenvalue weighted by molar-refractivity contribution is -0.161. The van der Waals surface area contributed by atoms with E-state index in [1.807, 2.05) is 24.3 Å². The van der Waals surface area contributed by atoms with Gasteiger partial charge in [0.2, 0.25) is 0 Å². The topological polar surface area (TPSA) is 237 Å². The third kappa shape index (κ3) is 72.3. The van der Waals surface area contributed by atoms with Crippen molar-refractivity contribution in [1.29, 1.82) is 0 Å². The number of carbonyl (C=O) groups excluding carboxylic acids is 4. The van der Waals surface area contributed by atoms with Gasteiger partial charge in [-0.25, -0.2) is 9.13 Å². The fourth-order valence-corrected chi connectivity index (χ4v) is 10.5. The number of hydrogen-bond acceptors (Lipinski definition) is 15. The van der Waals surface area contributed by atoms with Crippen LogP contribution in [0.2, 0.25) is 0 Å². The summed E-state index contributed by atoms with van der Waals surface area (Å²) in [6.07, 6.45) is 88.8. The smallest absolute Gasteiger partial charge is 0.462 e. The van der Waals surface area contributed by atoms with Crippen molar-refractivity contribution in [1.82, 2.24) is 0 Å². The van der Waals surface area contributed by atoms with Gasteiger partial charge in [-0.1, -0.05) is 248 Å². The van der Waals surface area contributed by atoms with Gasteiger partial charge in [0.15, 0.2) is 12.2 Å². The van der Waals surface area contributed by atoms with Gasteiger partial charge in [0.25, 0.3) is 0 Å². The van der Waals surface area contributed by atoms with Gasteiger partial charge in [-0.2, -0.15) is 0 Å². The van der Waals surface area contributed by atoms with Gasteiger partial charge in [-0.05, 0) is 167 Å². The third-order valence-corrected chi connectivity index (χ3v) is 16.4. The van der Waals surface area contributed by atoms with Crippen molar-refractivity contribution < 1.29 is 80.2 Å². The highest BCUT2D eigenvalue weighted by Crippen LogP contribution is 2.45. The molecule has 0 spiro atoms. The van der Waals surface area contributed by atoms with E-state index in [-0.39, 0.29) is 25.7 Å². The molecule has 0 aromatic carbocycles. The summed E-state index contributed by atoms with van der Waals surface area (Å²) in [6.45, 7) is 4.21. The molecule has 0 aromatic rings. The van der Waals surface area contributed by atoms with Crippen molar-refractivity contribution in [3.63, 3.8) is 0 Å². The average molecular weight is 1460 g/mol. The number of unbranched alkanes of at least 4 members (excludes halogenated alkanes) is 10. The summed E-state index contributed by atoms with van der Waals surface area (Å²) in [6, 6.07) is 0. The molecule has 0 aliphatic rings. The van der Waals surface area contributed by atoms with E-state index in [1.54, 1.807) is 0 Å². The normalized spacial score (nSPS) is 15.0. The van der Waals surface area contributed by atoms with Crippen molar-refractivity contribution in [2.75, 3.05) is 39.6 Å². The largest absolute Gasteiger partial charge is 0.472 e. The fourth-order valence-electron chi connectivity index (χ4n) is 8.91. The average Bonchev–Trinajstić information content (AvgIpc) is 0.924. The molecular weight excluding hydrogens is 1330 g/mol. The van der Waals surface area contributed by atoms with Crippen molar-refractivity contribution in [2.45, 2.75) is 264 Å². The van der Waals surface area contributed by atoms with Gasteiger partial charge >= 0.3 is 39.5 Å². The highest BCUT2D eigenvalue weighted by atomic mass is 31.2. The highest BCUT2D eigenvalue weighted by Gasteiger charge is 2.30. The predicted octanol–water partition coefficient (Wildman–Crippen LogP) is 21.8. The van der Waals surface area contributed by atoms with Crippen molar-refractivity contribution in [3.05, 3.63) is 194 Å². The predicted molar refractivity (Wildman–Crippen MR) is 417 cm³/mol. The molecule has 5 atom stereocenters. The molecule has 17 nitrogen and oxygen atoms in total.